The Bertz CT molecular complexity index is 645. The number of hydrogen-bond donors (Lipinski definition) is 1. The molecule has 2 aromatic rings. The number of fused-ring (bicyclic) bond motifs is 1. The van der Waals surface area contributed by atoms with Crippen LogP contribution in [-0.4, -0.2) is 24.4 Å². The predicted molar refractivity (Wildman–Crippen MR) is 84.3 cm³/mol. The van der Waals surface area contributed by atoms with E-state index in [1.54, 1.807) is 0 Å². The Morgan fingerprint density at radius 1 is 1.14 bits per heavy atom. The molecule has 22 heavy (non-hydrogen) atoms. The average Bonchev–Trinajstić information content (AvgIpc) is 3.22. The molecule has 2 aliphatic rings. The van der Waals surface area contributed by atoms with E-state index in [1.807, 2.05) is 18.3 Å². The van der Waals surface area contributed by atoms with E-state index in [2.05, 4.69) is 34.6 Å². The minimum atomic E-state index is 0.342. The summed E-state index contributed by atoms with van der Waals surface area (Å²) in [5, 5.41) is 3.64. The van der Waals surface area contributed by atoms with Crippen molar-refractivity contribution in [3.8, 4) is 11.5 Å². The number of benzene rings is 1. The first-order valence-corrected chi connectivity index (χ1v) is 7.91. The van der Waals surface area contributed by atoms with E-state index in [4.69, 9.17) is 9.47 Å². The molecule has 0 saturated carbocycles. The highest BCUT2D eigenvalue weighted by molar-refractivity contribution is 5.45. The largest absolute Gasteiger partial charge is 0.454 e. The molecule has 2 aliphatic heterocycles. The van der Waals surface area contributed by atoms with Crippen molar-refractivity contribution in [1.82, 2.24) is 10.3 Å². The van der Waals surface area contributed by atoms with E-state index in [0.717, 1.165) is 30.9 Å². The fourth-order valence-electron chi connectivity index (χ4n) is 3.33. The van der Waals surface area contributed by atoms with Crippen molar-refractivity contribution >= 4 is 0 Å². The number of aryl methyl sites for hydroxylation is 1. The maximum Gasteiger partial charge on any atom is 0.231 e. The van der Waals surface area contributed by atoms with Crippen molar-refractivity contribution < 1.29 is 9.47 Å². The fraction of sp³-hybridized carbons (Fsp3) is 0.389. The molecule has 0 aliphatic carbocycles. The van der Waals surface area contributed by atoms with Crippen molar-refractivity contribution in [3.05, 3.63) is 53.9 Å². The summed E-state index contributed by atoms with van der Waals surface area (Å²) in [6, 6.07) is 13.0. The highest BCUT2D eigenvalue weighted by atomic mass is 16.7. The van der Waals surface area contributed by atoms with E-state index in [1.165, 1.54) is 17.7 Å². The van der Waals surface area contributed by atoms with Crippen molar-refractivity contribution in [2.45, 2.75) is 31.2 Å². The highest BCUT2D eigenvalue weighted by Crippen LogP contribution is 2.37. The standard InChI is InChI=1S/C18H20N2O2/c1-2-8-19-15(3-1)5-6-16-9-14(11-20-16)13-4-7-17-18(10-13)22-12-21-17/h1-4,7-8,10,14,16,20H,5-6,9,11-12H2. The molecule has 4 heteroatoms. The Kier molecular flexibility index (Phi) is 3.69. The first-order valence-electron chi connectivity index (χ1n) is 7.91. The average molecular weight is 296 g/mol. The summed E-state index contributed by atoms with van der Waals surface area (Å²) in [4.78, 5) is 4.40. The number of pyridine rings is 1. The Morgan fingerprint density at radius 2 is 2.09 bits per heavy atom. The van der Waals surface area contributed by atoms with Crippen molar-refractivity contribution in [3.63, 3.8) is 0 Å². The van der Waals surface area contributed by atoms with Gasteiger partial charge in [0, 0.05) is 24.5 Å². The monoisotopic (exact) mass is 296 g/mol. The maximum absolute atomic E-state index is 5.48. The van der Waals surface area contributed by atoms with E-state index in [-0.39, 0.29) is 0 Å². The third kappa shape index (κ3) is 2.79. The topological polar surface area (TPSA) is 43.4 Å². The minimum absolute atomic E-state index is 0.342. The molecule has 3 heterocycles. The third-order valence-electron chi connectivity index (χ3n) is 4.57. The lowest BCUT2D eigenvalue weighted by atomic mass is 9.94. The molecule has 0 radical (unpaired) electrons. The first-order chi connectivity index (χ1) is 10.9. The summed E-state index contributed by atoms with van der Waals surface area (Å²) in [5.41, 5.74) is 2.52. The van der Waals surface area contributed by atoms with E-state index in [9.17, 15) is 0 Å². The van der Waals surface area contributed by atoms with Gasteiger partial charge in [-0.3, -0.25) is 4.98 Å². The van der Waals surface area contributed by atoms with Gasteiger partial charge in [0.2, 0.25) is 6.79 Å². The third-order valence-corrected chi connectivity index (χ3v) is 4.57. The smallest absolute Gasteiger partial charge is 0.231 e. The van der Waals surface area contributed by atoms with Gasteiger partial charge < -0.3 is 14.8 Å². The van der Waals surface area contributed by atoms with Crippen LogP contribution in [0.4, 0.5) is 0 Å². The molecule has 114 valence electrons. The number of nitrogens with zero attached hydrogens (tertiary/aromatic N) is 1. The predicted octanol–water partition coefficient (Wildman–Crippen LogP) is 2.89. The molecule has 4 nitrogen and oxygen atoms in total. The zero-order chi connectivity index (χ0) is 14.8. The molecule has 1 aromatic carbocycles. The van der Waals surface area contributed by atoms with Gasteiger partial charge in [-0.1, -0.05) is 12.1 Å². The summed E-state index contributed by atoms with van der Waals surface area (Å²) in [5.74, 6) is 2.30. The summed E-state index contributed by atoms with van der Waals surface area (Å²) < 4.78 is 10.9. The zero-order valence-electron chi connectivity index (χ0n) is 12.5. The first kappa shape index (κ1) is 13.6. The number of ether oxygens (including phenoxy) is 2. The second-order valence-electron chi connectivity index (χ2n) is 6.01. The van der Waals surface area contributed by atoms with Gasteiger partial charge in [0.25, 0.3) is 0 Å². The normalized spacial score (nSPS) is 22.9. The molecular formula is C18H20N2O2. The number of aromatic nitrogens is 1. The van der Waals surface area contributed by atoms with Gasteiger partial charge in [-0.2, -0.15) is 0 Å². The Morgan fingerprint density at radius 3 is 3.00 bits per heavy atom. The molecule has 1 saturated heterocycles. The highest BCUT2D eigenvalue weighted by Gasteiger charge is 2.26. The van der Waals surface area contributed by atoms with Gasteiger partial charge in [-0.25, -0.2) is 0 Å². The van der Waals surface area contributed by atoms with Gasteiger partial charge in [-0.05, 0) is 55.0 Å². The van der Waals surface area contributed by atoms with Crippen molar-refractivity contribution in [2.24, 2.45) is 0 Å². The fourth-order valence-corrected chi connectivity index (χ4v) is 3.33. The summed E-state index contributed by atoms with van der Waals surface area (Å²) >= 11 is 0. The van der Waals surface area contributed by atoms with Crippen LogP contribution in [0.15, 0.2) is 42.6 Å². The Balaban J connectivity index is 1.36. The lowest BCUT2D eigenvalue weighted by molar-refractivity contribution is 0.174. The van der Waals surface area contributed by atoms with Crippen LogP contribution < -0.4 is 14.8 Å². The lowest BCUT2D eigenvalue weighted by Gasteiger charge is -2.11. The van der Waals surface area contributed by atoms with Gasteiger partial charge in [0.05, 0.1) is 0 Å². The van der Waals surface area contributed by atoms with Crippen LogP contribution in [0.2, 0.25) is 0 Å². The molecule has 1 fully saturated rings. The molecule has 4 rings (SSSR count). The molecule has 0 spiro atoms. The Labute approximate surface area is 130 Å². The number of nitrogens with one attached hydrogen (secondary N) is 1. The number of rotatable bonds is 4. The molecule has 0 amide bonds. The van der Waals surface area contributed by atoms with Gasteiger partial charge in [0.1, 0.15) is 0 Å². The van der Waals surface area contributed by atoms with Gasteiger partial charge >= 0.3 is 0 Å². The maximum atomic E-state index is 5.48. The van der Waals surface area contributed by atoms with Crippen LogP contribution in [-0.2, 0) is 6.42 Å². The molecular weight excluding hydrogens is 276 g/mol. The van der Waals surface area contributed by atoms with Gasteiger partial charge in [0.15, 0.2) is 11.5 Å². The van der Waals surface area contributed by atoms with Crippen LogP contribution in [0.1, 0.15) is 30.0 Å². The molecule has 1 N–H and O–H groups in total. The van der Waals surface area contributed by atoms with Crippen LogP contribution in [0.3, 0.4) is 0 Å². The number of hydrogen-bond acceptors (Lipinski definition) is 4. The van der Waals surface area contributed by atoms with E-state index < -0.39 is 0 Å². The second-order valence-corrected chi connectivity index (χ2v) is 6.01. The SMILES string of the molecule is c1ccc(CCC2CC(c3ccc4c(c3)OCO4)CN2)nc1. The second kappa shape index (κ2) is 5.97. The van der Waals surface area contributed by atoms with Crippen molar-refractivity contribution in [1.29, 1.82) is 0 Å². The van der Waals surface area contributed by atoms with Crippen LogP contribution in [0.25, 0.3) is 0 Å². The van der Waals surface area contributed by atoms with Gasteiger partial charge in [-0.15, -0.1) is 0 Å². The Hall–Kier alpha value is -2.07. The van der Waals surface area contributed by atoms with E-state index in [0.29, 0.717) is 18.8 Å². The molecule has 2 atom stereocenters. The zero-order valence-corrected chi connectivity index (χ0v) is 12.5. The summed E-state index contributed by atoms with van der Waals surface area (Å²) in [6.07, 6.45) is 5.21. The summed E-state index contributed by atoms with van der Waals surface area (Å²) in [7, 11) is 0. The summed E-state index contributed by atoms with van der Waals surface area (Å²) in [6.45, 7) is 1.38. The van der Waals surface area contributed by atoms with Crippen LogP contribution in [0.5, 0.6) is 11.5 Å². The van der Waals surface area contributed by atoms with Crippen LogP contribution in [0, 0.1) is 0 Å². The van der Waals surface area contributed by atoms with E-state index >= 15 is 0 Å². The quantitative estimate of drug-likeness (QED) is 0.942. The lowest BCUT2D eigenvalue weighted by Crippen LogP contribution is -2.21. The van der Waals surface area contributed by atoms with Crippen LogP contribution >= 0.6 is 0 Å². The molecule has 1 aromatic heterocycles. The minimum Gasteiger partial charge on any atom is -0.454 e. The van der Waals surface area contributed by atoms with Crippen molar-refractivity contribution in [2.75, 3.05) is 13.3 Å². The molecule has 0 bridgehead atoms. The molecule has 2 unspecified atom stereocenters.